The van der Waals surface area contributed by atoms with Crippen molar-refractivity contribution < 1.29 is 35.7 Å². The highest BCUT2D eigenvalue weighted by Gasteiger charge is 2.67. The van der Waals surface area contributed by atoms with Crippen LogP contribution < -0.4 is 17.0 Å². The molecule has 0 bridgehead atoms. The number of aryl methyl sites for hydroxylation is 1. The maximum absolute atomic E-state index is 13.8. The molecule has 1 fully saturated rings. The van der Waals surface area contributed by atoms with Gasteiger partial charge < -0.3 is 24.1 Å². The number of nitrogens with zero attached hydrogens (tertiary/aromatic N) is 2. The minimum atomic E-state index is -4.26. The van der Waals surface area contributed by atoms with E-state index >= 15 is 0 Å². The summed E-state index contributed by atoms with van der Waals surface area (Å²) in [7, 11) is -8.26. The first-order valence-corrected chi connectivity index (χ1v) is 21.4. The Morgan fingerprint density at radius 3 is 2.09 bits per heavy atom. The zero-order chi connectivity index (χ0) is 33.1. The smallest absolute Gasteiger partial charge is 0.333 e. The molecule has 1 aromatic rings. The molecule has 43 heavy (non-hydrogen) atoms. The highest BCUT2D eigenvalue weighted by Crippen LogP contribution is 2.52. The fraction of sp³-hybridized carbons (Fsp3) is 0.741. The predicted octanol–water partition coefficient (Wildman–Crippen LogP) is 2.70. The van der Waals surface area contributed by atoms with E-state index in [-0.39, 0.29) is 27.9 Å². The summed E-state index contributed by atoms with van der Waals surface area (Å²) in [5.74, 6) is -0.799. The number of ether oxygens (including phenoxy) is 2. The zero-order valence-electron chi connectivity index (χ0n) is 27.3. The lowest BCUT2D eigenvalue weighted by molar-refractivity contribution is -0.141. The van der Waals surface area contributed by atoms with Crippen LogP contribution in [0.4, 0.5) is 0 Å². The summed E-state index contributed by atoms with van der Waals surface area (Å²) < 4.78 is 58.1. The second-order valence-corrected chi connectivity index (χ2v) is 25.3. The molecule has 2 N–H and O–H groups in total. The Morgan fingerprint density at radius 2 is 1.63 bits per heavy atom. The SMILES string of the molecule is COC(=O)Cn1c(=O)c(C)cn([C@@H]2OC(CO[Si](C)(C)C(C)(C)C)C3(OS(=O)(=O)C=C3N)[C@H]2O[Si](C)(C)C(C)(C)C)c1=O. The summed E-state index contributed by atoms with van der Waals surface area (Å²) in [5.41, 5.74) is 3.05. The third-order valence-electron chi connectivity index (χ3n) is 9.23. The number of nitrogens with two attached hydrogens (primary N) is 1. The summed E-state index contributed by atoms with van der Waals surface area (Å²) in [4.78, 5) is 38.9. The molecular weight excluding hydrogens is 615 g/mol. The molecule has 4 atom stereocenters. The van der Waals surface area contributed by atoms with Gasteiger partial charge in [0, 0.05) is 11.8 Å². The maximum Gasteiger partial charge on any atom is 0.333 e. The molecule has 0 aliphatic carbocycles. The molecule has 244 valence electrons. The van der Waals surface area contributed by atoms with Gasteiger partial charge in [-0.2, -0.15) is 8.42 Å². The van der Waals surface area contributed by atoms with Gasteiger partial charge in [0.05, 0.1) is 24.8 Å². The van der Waals surface area contributed by atoms with Crippen LogP contribution in [0.15, 0.2) is 26.9 Å². The van der Waals surface area contributed by atoms with E-state index < -0.39 is 74.6 Å². The summed E-state index contributed by atoms with van der Waals surface area (Å²) in [5, 5.41) is 0.303. The van der Waals surface area contributed by atoms with E-state index in [1.54, 1.807) is 0 Å². The molecule has 0 saturated carbocycles. The second kappa shape index (κ2) is 11.4. The largest absolute Gasteiger partial charge is 0.468 e. The van der Waals surface area contributed by atoms with Crippen molar-refractivity contribution in [3.63, 3.8) is 0 Å². The zero-order valence-corrected chi connectivity index (χ0v) is 30.1. The van der Waals surface area contributed by atoms with Gasteiger partial charge in [-0.15, -0.1) is 0 Å². The Balaban J connectivity index is 2.31. The number of carbonyl (C=O) groups excluding carboxylic acids is 1. The van der Waals surface area contributed by atoms with Crippen LogP contribution >= 0.6 is 0 Å². The van der Waals surface area contributed by atoms with Gasteiger partial charge in [-0.25, -0.2) is 13.5 Å². The lowest BCUT2D eigenvalue weighted by atomic mass is 9.89. The Bertz CT molecular complexity index is 1520. The first-order valence-electron chi connectivity index (χ1n) is 14.1. The predicted molar refractivity (Wildman–Crippen MR) is 166 cm³/mol. The van der Waals surface area contributed by atoms with Gasteiger partial charge in [-0.1, -0.05) is 41.5 Å². The quantitative estimate of drug-likeness (QED) is 0.247. The van der Waals surface area contributed by atoms with Crippen molar-refractivity contribution in [2.45, 2.75) is 115 Å². The normalized spacial score (nSPS) is 26.1. The molecule has 1 saturated heterocycles. The van der Waals surface area contributed by atoms with Crippen LogP contribution in [0.2, 0.25) is 36.3 Å². The number of aromatic nitrogens is 2. The van der Waals surface area contributed by atoms with Crippen LogP contribution in [0.25, 0.3) is 0 Å². The summed E-state index contributed by atoms with van der Waals surface area (Å²) >= 11 is 0. The van der Waals surface area contributed by atoms with Crippen molar-refractivity contribution in [1.82, 2.24) is 9.13 Å². The van der Waals surface area contributed by atoms with Crippen molar-refractivity contribution in [3.8, 4) is 0 Å². The minimum Gasteiger partial charge on any atom is -0.468 e. The van der Waals surface area contributed by atoms with Crippen molar-refractivity contribution >= 4 is 32.7 Å². The van der Waals surface area contributed by atoms with Crippen LogP contribution in [-0.2, 0) is 44.0 Å². The highest BCUT2D eigenvalue weighted by atomic mass is 32.2. The maximum atomic E-state index is 13.8. The number of rotatable bonds is 8. The number of hydrogen-bond donors (Lipinski definition) is 1. The Hall–Kier alpha value is -2.09. The fourth-order valence-corrected chi connectivity index (χ4v) is 7.99. The summed E-state index contributed by atoms with van der Waals surface area (Å²) in [6.07, 6.45) is -2.38. The third kappa shape index (κ3) is 6.51. The minimum absolute atomic E-state index is 0.107. The number of hydrogen-bond acceptors (Lipinski definition) is 11. The average molecular weight is 662 g/mol. The van der Waals surface area contributed by atoms with Gasteiger partial charge in [-0.3, -0.25) is 14.2 Å². The Labute approximate surface area is 255 Å². The number of carbonyl (C=O) groups is 1. The topological polar surface area (TPSA) is 167 Å². The van der Waals surface area contributed by atoms with E-state index in [1.807, 2.05) is 47.0 Å². The fourth-order valence-electron chi connectivity index (χ4n) is 4.49. The van der Waals surface area contributed by atoms with E-state index in [0.717, 1.165) is 21.7 Å². The number of esters is 1. The molecule has 2 unspecified atom stereocenters. The molecule has 2 aliphatic heterocycles. The molecule has 3 heterocycles. The standard InChI is InChI=1S/C27H47N3O10SSi2/c1-17-13-30(24(33)29(22(17)32)14-20(31)36-8)23-21(39-43(11,12)26(5,6)7)27(18(28)16-41(34,35)40-27)19(38-23)15-37-42(9,10)25(2,3)4/h13,16,19,21,23H,14-15,28H2,1-12H3/t19?,21-,23+,27?/m0/s1. The Morgan fingerprint density at radius 1 is 1.07 bits per heavy atom. The van der Waals surface area contributed by atoms with Crippen molar-refractivity contribution in [1.29, 1.82) is 0 Å². The van der Waals surface area contributed by atoms with Crippen LogP contribution in [-0.4, -0.2) is 71.7 Å². The first kappa shape index (κ1) is 35.4. The molecule has 3 rings (SSSR count). The average Bonchev–Trinajstić information content (AvgIpc) is 3.27. The summed E-state index contributed by atoms with van der Waals surface area (Å²) in [6, 6.07) is 0. The molecule has 0 aromatic carbocycles. The molecule has 0 radical (unpaired) electrons. The second-order valence-electron chi connectivity index (χ2n) is 14.3. The van der Waals surface area contributed by atoms with Crippen LogP contribution in [0, 0.1) is 6.92 Å². The first-order chi connectivity index (χ1) is 19.3. The van der Waals surface area contributed by atoms with E-state index in [0.29, 0.717) is 0 Å². The van der Waals surface area contributed by atoms with Crippen LogP contribution in [0.3, 0.4) is 0 Å². The monoisotopic (exact) mass is 661 g/mol. The van der Waals surface area contributed by atoms with Gasteiger partial charge in [0.1, 0.15) is 18.8 Å². The lowest BCUT2D eigenvalue weighted by Gasteiger charge is -2.43. The molecular formula is C27H47N3O10SSi2. The third-order valence-corrected chi connectivity index (χ3v) is 19.2. The molecule has 1 spiro atoms. The van der Waals surface area contributed by atoms with Crippen molar-refractivity contribution in [2.75, 3.05) is 13.7 Å². The lowest BCUT2D eigenvalue weighted by Crippen LogP contribution is -2.59. The molecule has 0 amide bonds. The molecule has 13 nitrogen and oxygen atoms in total. The van der Waals surface area contributed by atoms with E-state index in [1.165, 1.54) is 13.1 Å². The van der Waals surface area contributed by atoms with Crippen LogP contribution in [0.5, 0.6) is 0 Å². The van der Waals surface area contributed by atoms with Crippen molar-refractivity contribution in [2.24, 2.45) is 5.73 Å². The van der Waals surface area contributed by atoms with Gasteiger partial charge in [-0.05, 0) is 43.2 Å². The molecule has 16 heteroatoms. The molecule has 2 aliphatic rings. The number of methoxy groups -OCH3 is 1. The van der Waals surface area contributed by atoms with E-state index in [4.69, 9.17) is 28.2 Å². The van der Waals surface area contributed by atoms with Gasteiger partial charge in [0.25, 0.3) is 15.7 Å². The van der Waals surface area contributed by atoms with Gasteiger partial charge in [0.2, 0.25) is 0 Å². The van der Waals surface area contributed by atoms with E-state index in [2.05, 4.69) is 20.8 Å². The van der Waals surface area contributed by atoms with E-state index in [9.17, 15) is 22.8 Å². The molecule has 1 aromatic heterocycles. The van der Waals surface area contributed by atoms with Crippen LogP contribution in [0.1, 0.15) is 53.3 Å². The van der Waals surface area contributed by atoms with Crippen molar-refractivity contribution in [3.05, 3.63) is 43.7 Å². The summed E-state index contributed by atoms with van der Waals surface area (Å²) in [6.45, 7) is 21.0. The highest BCUT2D eigenvalue weighted by molar-refractivity contribution is 7.90. The van der Waals surface area contributed by atoms with Gasteiger partial charge >= 0.3 is 11.7 Å². The van der Waals surface area contributed by atoms with Gasteiger partial charge in [0.15, 0.2) is 28.5 Å². The Kier molecular flexibility index (Phi) is 9.36.